The van der Waals surface area contributed by atoms with Gasteiger partial charge in [0.2, 0.25) is 0 Å². The number of aromatic nitrogens is 6. The molecule has 1 atom stereocenters. The van der Waals surface area contributed by atoms with Gasteiger partial charge in [0.05, 0.1) is 29.3 Å². The van der Waals surface area contributed by atoms with Crippen LogP contribution in [0.5, 0.6) is 5.75 Å². The summed E-state index contributed by atoms with van der Waals surface area (Å²) in [6.07, 6.45) is 1.05. The minimum Gasteiger partial charge on any atom is -0.485 e. The summed E-state index contributed by atoms with van der Waals surface area (Å²) in [5.41, 5.74) is 5.98. The minimum absolute atomic E-state index is 0.0923. The first-order chi connectivity index (χ1) is 18.4. The van der Waals surface area contributed by atoms with E-state index in [-0.39, 0.29) is 6.10 Å². The second-order valence-electron chi connectivity index (χ2n) is 10.5. The smallest absolute Gasteiger partial charge is 0.253 e. The molecule has 0 saturated carbocycles. The summed E-state index contributed by atoms with van der Waals surface area (Å²) in [6, 6.07) is 12.8. The van der Waals surface area contributed by atoms with E-state index in [0.717, 1.165) is 86.3 Å². The van der Waals surface area contributed by atoms with Crippen molar-refractivity contribution in [1.82, 2.24) is 39.6 Å². The molecule has 1 aromatic carbocycles. The summed E-state index contributed by atoms with van der Waals surface area (Å²) in [5, 5.41) is 13.5. The zero-order valence-corrected chi connectivity index (χ0v) is 22.6. The van der Waals surface area contributed by atoms with Gasteiger partial charge in [0.15, 0.2) is 5.75 Å². The SMILES string of the molecule is Cc1nc2nc(C)c(O[C@@H]3CCN(c4ccc(-c5ccc(CN6CCN(C)CC6)nn5)cc4)C3)c(C)n2n1. The second kappa shape index (κ2) is 10.3. The Labute approximate surface area is 223 Å². The standard InChI is InChI=1S/C28H35N9O/c1-19-27(20(2)37-28(29-19)30-21(3)33-37)38-25-11-12-36(18-25)24-8-5-22(6-9-24)26-10-7-23(31-32-26)17-35-15-13-34(4)14-16-35/h5-10,25H,11-18H2,1-4H3/t25-/m1/s1. The van der Waals surface area contributed by atoms with Gasteiger partial charge in [0, 0.05) is 56.9 Å². The van der Waals surface area contributed by atoms with Crippen LogP contribution in [0.4, 0.5) is 5.69 Å². The van der Waals surface area contributed by atoms with E-state index in [9.17, 15) is 0 Å². The first-order valence-corrected chi connectivity index (χ1v) is 13.4. The Balaban J connectivity index is 1.08. The van der Waals surface area contributed by atoms with Crippen LogP contribution in [-0.4, -0.2) is 92.0 Å². The van der Waals surface area contributed by atoms with E-state index >= 15 is 0 Å². The molecule has 3 aromatic heterocycles. The number of nitrogens with zero attached hydrogens (tertiary/aromatic N) is 9. The van der Waals surface area contributed by atoms with Crippen molar-refractivity contribution >= 4 is 11.5 Å². The fourth-order valence-corrected chi connectivity index (χ4v) is 5.33. The number of likely N-dealkylation sites (N-methyl/N-ethyl adjacent to an activating group) is 1. The molecule has 38 heavy (non-hydrogen) atoms. The molecule has 0 amide bonds. The number of anilines is 1. The van der Waals surface area contributed by atoms with Crippen LogP contribution in [0.1, 0.15) is 29.3 Å². The monoisotopic (exact) mass is 513 g/mol. The Hall–Kier alpha value is -3.63. The van der Waals surface area contributed by atoms with E-state index in [1.54, 1.807) is 4.52 Å². The largest absolute Gasteiger partial charge is 0.485 e. The van der Waals surface area contributed by atoms with Crippen molar-refractivity contribution < 1.29 is 4.74 Å². The maximum absolute atomic E-state index is 6.45. The first-order valence-electron chi connectivity index (χ1n) is 13.4. The molecule has 5 heterocycles. The molecule has 0 radical (unpaired) electrons. The lowest BCUT2D eigenvalue weighted by molar-refractivity contribution is 0.146. The molecule has 0 N–H and O–H groups in total. The van der Waals surface area contributed by atoms with Crippen LogP contribution in [0, 0.1) is 20.8 Å². The number of aryl methyl sites for hydroxylation is 3. The molecule has 2 aliphatic heterocycles. The highest BCUT2D eigenvalue weighted by molar-refractivity contribution is 5.63. The van der Waals surface area contributed by atoms with Gasteiger partial charge >= 0.3 is 0 Å². The van der Waals surface area contributed by atoms with E-state index < -0.39 is 0 Å². The van der Waals surface area contributed by atoms with E-state index in [0.29, 0.717) is 11.6 Å². The lowest BCUT2D eigenvalue weighted by Gasteiger charge is -2.31. The van der Waals surface area contributed by atoms with Crippen LogP contribution in [0.2, 0.25) is 0 Å². The average molecular weight is 514 g/mol. The number of ether oxygens (including phenoxy) is 1. The molecule has 4 aromatic rings. The minimum atomic E-state index is 0.0923. The molecule has 0 aliphatic carbocycles. The molecule has 2 saturated heterocycles. The van der Waals surface area contributed by atoms with Crippen molar-refractivity contribution in [3.05, 3.63) is 59.3 Å². The summed E-state index contributed by atoms with van der Waals surface area (Å²) in [6.45, 7) is 12.9. The van der Waals surface area contributed by atoms with Gasteiger partial charge in [-0.05, 0) is 52.1 Å². The van der Waals surface area contributed by atoms with Crippen molar-refractivity contribution in [2.45, 2.75) is 39.8 Å². The number of rotatable bonds is 6. The van der Waals surface area contributed by atoms with Gasteiger partial charge in [0.25, 0.3) is 5.78 Å². The number of hydrogen-bond acceptors (Lipinski definition) is 9. The summed E-state index contributed by atoms with van der Waals surface area (Å²) in [4.78, 5) is 16.2. The zero-order chi connectivity index (χ0) is 26.2. The number of fused-ring (bicyclic) bond motifs is 1. The Morgan fingerprint density at radius 1 is 0.895 bits per heavy atom. The van der Waals surface area contributed by atoms with Gasteiger partial charge in [-0.2, -0.15) is 19.7 Å². The average Bonchev–Trinajstić information content (AvgIpc) is 3.55. The second-order valence-corrected chi connectivity index (χ2v) is 10.5. The highest BCUT2D eigenvalue weighted by Gasteiger charge is 2.26. The van der Waals surface area contributed by atoms with Crippen molar-refractivity contribution in [3.8, 4) is 17.0 Å². The van der Waals surface area contributed by atoms with Gasteiger partial charge in [-0.25, -0.2) is 4.98 Å². The number of benzene rings is 1. The van der Waals surface area contributed by atoms with Gasteiger partial charge in [-0.1, -0.05) is 12.1 Å². The predicted molar refractivity (Wildman–Crippen MR) is 146 cm³/mol. The van der Waals surface area contributed by atoms with Crippen molar-refractivity contribution in [2.75, 3.05) is 51.2 Å². The fraction of sp³-hybridized carbons (Fsp3) is 0.464. The summed E-state index contributed by atoms with van der Waals surface area (Å²) < 4.78 is 8.22. The third-order valence-corrected chi connectivity index (χ3v) is 7.60. The summed E-state index contributed by atoms with van der Waals surface area (Å²) in [5.74, 6) is 2.13. The van der Waals surface area contributed by atoms with E-state index in [1.165, 1.54) is 5.69 Å². The quantitative estimate of drug-likeness (QED) is 0.386. The van der Waals surface area contributed by atoms with Crippen LogP contribution < -0.4 is 9.64 Å². The van der Waals surface area contributed by atoms with E-state index in [1.807, 2.05) is 20.8 Å². The highest BCUT2D eigenvalue weighted by atomic mass is 16.5. The molecule has 10 heteroatoms. The van der Waals surface area contributed by atoms with Crippen LogP contribution in [0.15, 0.2) is 36.4 Å². The highest BCUT2D eigenvalue weighted by Crippen LogP contribution is 2.29. The molecule has 2 aliphatic rings. The maximum Gasteiger partial charge on any atom is 0.253 e. The Morgan fingerprint density at radius 2 is 1.68 bits per heavy atom. The van der Waals surface area contributed by atoms with Gasteiger partial charge in [-0.3, -0.25) is 4.90 Å². The molecule has 6 rings (SSSR count). The predicted octanol–water partition coefficient (Wildman–Crippen LogP) is 2.91. The summed E-state index contributed by atoms with van der Waals surface area (Å²) in [7, 11) is 2.18. The number of hydrogen-bond donors (Lipinski definition) is 0. The van der Waals surface area contributed by atoms with Crippen LogP contribution >= 0.6 is 0 Å². The molecule has 198 valence electrons. The van der Waals surface area contributed by atoms with Crippen molar-refractivity contribution in [1.29, 1.82) is 0 Å². The molecule has 0 bridgehead atoms. The Kier molecular flexibility index (Phi) is 6.67. The van der Waals surface area contributed by atoms with E-state index in [2.05, 4.69) is 83.4 Å². The normalized spacial score (nSPS) is 18.9. The zero-order valence-electron chi connectivity index (χ0n) is 22.6. The first kappa shape index (κ1) is 24.7. The maximum atomic E-state index is 6.45. The topological polar surface area (TPSA) is 87.8 Å². The summed E-state index contributed by atoms with van der Waals surface area (Å²) >= 11 is 0. The lowest BCUT2D eigenvalue weighted by Crippen LogP contribution is -2.44. The fourth-order valence-electron chi connectivity index (χ4n) is 5.33. The van der Waals surface area contributed by atoms with E-state index in [4.69, 9.17) is 4.74 Å². The number of piperazine rings is 1. The molecule has 0 spiro atoms. The molecule has 10 nitrogen and oxygen atoms in total. The van der Waals surface area contributed by atoms with Gasteiger partial charge in [-0.15, -0.1) is 5.10 Å². The molecular formula is C28H35N9O. The van der Waals surface area contributed by atoms with Crippen LogP contribution in [0.3, 0.4) is 0 Å². The lowest BCUT2D eigenvalue weighted by atomic mass is 10.1. The third kappa shape index (κ3) is 5.06. The molecule has 0 unspecified atom stereocenters. The van der Waals surface area contributed by atoms with Gasteiger partial charge < -0.3 is 14.5 Å². The van der Waals surface area contributed by atoms with Crippen molar-refractivity contribution in [3.63, 3.8) is 0 Å². The Morgan fingerprint density at radius 3 is 2.42 bits per heavy atom. The Bertz CT molecular complexity index is 1410. The van der Waals surface area contributed by atoms with Crippen molar-refractivity contribution in [2.24, 2.45) is 0 Å². The van der Waals surface area contributed by atoms with Crippen LogP contribution in [-0.2, 0) is 6.54 Å². The third-order valence-electron chi connectivity index (χ3n) is 7.60. The van der Waals surface area contributed by atoms with Gasteiger partial charge in [0.1, 0.15) is 11.9 Å². The van der Waals surface area contributed by atoms with Crippen LogP contribution in [0.25, 0.3) is 17.0 Å². The molecule has 2 fully saturated rings. The molecular weight excluding hydrogens is 478 g/mol.